The summed E-state index contributed by atoms with van der Waals surface area (Å²) in [6.07, 6.45) is 0. The highest BCUT2D eigenvalue weighted by molar-refractivity contribution is 5.83. The number of hydrogen-bond donors (Lipinski definition) is 1. The Bertz CT molecular complexity index is 886. The van der Waals surface area contributed by atoms with Crippen LogP contribution in [0.1, 0.15) is 25.0 Å². The summed E-state index contributed by atoms with van der Waals surface area (Å²) in [4.78, 5) is 4.64. The van der Waals surface area contributed by atoms with E-state index < -0.39 is 5.60 Å². The SMILES string of the molecule is CC(C)(O)c1ccc2nc(-c3ccccc3C#N)ccc2c1. The third-order valence-corrected chi connectivity index (χ3v) is 3.72. The van der Waals surface area contributed by atoms with E-state index in [1.807, 2.05) is 48.5 Å². The average molecular weight is 288 g/mol. The van der Waals surface area contributed by atoms with Crippen molar-refractivity contribution >= 4 is 10.9 Å². The van der Waals surface area contributed by atoms with Gasteiger partial charge < -0.3 is 5.11 Å². The van der Waals surface area contributed by atoms with E-state index in [-0.39, 0.29) is 0 Å². The van der Waals surface area contributed by atoms with Crippen molar-refractivity contribution in [1.82, 2.24) is 4.98 Å². The Labute approximate surface area is 129 Å². The van der Waals surface area contributed by atoms with Gasteiger partial charge in [0.15, 0.2) is 0 Å². The highest BCUT2D eigenvalue weighted by Gasteiger charge is 2.16. The van der Waals surface area contributed by atoms with E-state index >= 15 is 0 Å². The standard InChI is InChI=1S/C19H16N2O/c1-19(2,22)15-8-10-17-13(11-15)7-9-18(21-17)16-6-4-3-5-14(16)12-20/h3-11,22H,1-2H3. The molecule has 1 aromatic heterocycles. The second-order valence-corrected chi connectivity index (χ2v) is 5.82. The van der Waals surface area contributed by atoms with Gasteiger partial charge in [-0.05, 0) is 43.7 Å². The Morgan fingerprint density at radius 3 is 2.55 bits per heavy atom. The molecule has 0 bridgehead atoms. The Kier molecular flexibility index (Phi) is 3.40. The maximum Gasteiger partial charge on any atom is 0.0998 e. The molecule has 0 saturated heterocycles. The van der Waals surface area contributed by atoms with Crippen LogP contribution in [-0.4, -0.2) is 10.1 Å². The molecular formula is C19H16N2O. The van der Waals surface area contributed by atoms with Crippen molar-refractivity contribution in [2.45, 2.75) is 19.4 Å². The average Bonchev–Trinajstić information content (AvgIpc) is 2.53. The minimum Gasteiger partial charge on any atom is -0.386 e. The topological polar surface area (TPSA) is 56.9 Å². The number of hydrogen-bond acceptors (Lipinski definition) is 3. The molecule has 0 aliphatic heterocycles. The molecule has 0 spiro atoms. The van der Waals surface area contributed by atoms with Gasteiger partial charge in [0.2, 0.25) is 0 Å². The summed E-state index contributed by atoms with van der Waals surface area (Å²) in [5, 5.41) is 20.3. The first-order chi connectivity index (χ1) is 10.5. The highest BCUT2D eigenvalue weighted by atomic mass is 16.3. The van der Waals surface area contributed by atoms with Crippen LogP contribution >= 0.6 is 0 Å². The minimum absolute atomic E-state index is 0.613. The molecule has 3 heteroatoms. The number of benzene rings is 2. The van der Waals surface area contributed by atoms with Crippen LogP contribution in [0.4, 0.5) is 0 Å². The van der Waals surface area contributed by atoms with Crippen LogP contribution in [0.15, 0.2) is 54.6 Å². The van der Waals surface area contributed by atoms with Gasteiger partial charge in [-0.2, -0.15) is 5.26 Å². The van der Waals surface area contributed by atoms with Crippen molar-refractivity contribution in [1.29, 1.82) is 5.26 Å². The van der Waals surface area contributed by atoms with E-state index in [1.54, 1.807) is 19.9 Å². The lowest BCUT2D eigenvalue weighted by Crippen LogP contribution is -2.15. The summed E-state index contributed by atoms with van der Waals surface area (Å²) in [5.74, 6) is 0. The summed E-state index contributed by atoms with van der Waals surface area (Å²) in [6.45, 7) is 3.53. The maximum absolute atomic E-state index is 10.1. The molecule has 108 valence electrons. The summed E-state index contributed by atoms with van der Waals surface area (Å²) < 4.78 is 0. The molecule has 0 fully saturated rings. The summed E-state index contributed by atoms with van der Waals surface area (Å²) in [6, 6.07) is 19.3. The van der Waals surface area contributed by atoms with Gasteiger partial charge in [0, 0.05) is 10.9 Å². The Balaban J connectivity index is 2.14. The molecule has 0 aliphatic carbocycles. The van der Waals surface area contributed by atoms with Crippen LogP contribution < -0.4 is 0 Å². The molecule has 2 aromatic carbocycles. The molecule has 3 aromatic rings. The first-order valence-corrected chi connectivity index (χ1v) is 7.12. The molecule has 0 amide bonds. The lowest BCUT2D eigenvalue weighted by Gasteiger charge is -2.18. The Morgan fingerprint density at radius 2 is 1.82 bits per heavy atom. The molecule has 0 radical (unpaired) electrons. The van der Waals surface area contributed by atoms with Crippen molar-refractivity contribution in [2.75, 3.05) is 0 Å². The van der Waals surface area contributed by atoms with Crippen LogP contribution in [0.3, 0.4) is 0 Å². The largest absolute Gasteiger partial charge is 0.386 e. The van der Waals surface area contributed by atoms with Gasteiger partial charge in [-0.3, -0.25) is 0 Å². The predicted molar refractivity (Wildman–Crippen MR) is 87.1 cm³/mol. The van der Waals surface area contributed by atoms with E-state index in [0.29, 0.717) is 5.56 Å². The van der Waals surface area contributed by atoms with Crippen molar-refractivity contribution in [2.24, 2.45) is 0 Å². The molecule has 3 rings (SSSR count). The first-order valence-electron chi connectivity index (χ1n) is 7.12. The first kappa shape index (κ1) is 14.2. The lowest BCUT2D eigenvalue weighted by molar-refractivity contribution is 0.0787. The quantitative estimate of drug-likeness (QED) is 0.775. The monoisotopic (exact) mass is 288 g/mol. The highest BCUT2D eigenvalue weighted by Crippen LogP contribution is 2.27. The molecule has 1 N–H and O–H groups in total. The number of aromatic nitrogens is 1. The number of aliphatic hydroxyl groups is 1. The fourth-order valence-corrected chi connectivity index (χ4v) is 2.46. The van der Waals surface area contributed by atoms with Crippen molar-refractivity contribution in [3.8, 4) is 17.3 Å². The van der Waals surface area contributed by atoms with Gasteiger partial charge in [-0.25, -0.2) is 4.98 Å². The van der Waals surface area contributed by atoms with E-state index in [1.165, 1.54) is 0 Å². The number of fused-ring (bicyclic) bond motifs is 1. The summed E-state index contributed by atoms with van der Waals surface area (Å²) >= 11 is 0. The van der Waals surface area contributed by atoms with Gasteiger partial charge in [-0.15, -0.1) is 0 Å². The normalized spacial score (nSPS) is 11.4. The summed E-state index contributed by atoms with van der Waals surface area (Å²) in [5.41, 5.74) is 3.05. The number of pyridine rings is 1. The number of rotatable bonds is 2. The molecule has 0 aliphatic rings. The van der Waals surface area contributed by atoms with Crippen molar-refractivity contribution in [3.05, 3.63) is 65.7 Å². The van der Waals surface area contributed by atoms with Gasteiger partial charge in [0.1, 0.15) is 0 Å². The zero-order chi connectivity index (χ0) is 15.7. The lowest BCUT2D eigenvalue weighted by atomic mass is 9.96. The predicted octanol–water partition coefficient (Wildman–Crippen LogP) is 4.00. The molecule has 1 heterocycles. The Morgan fingerprint density at radius 1 is 1.05 bits per heavy atom. The van der Waals surface area contributed by atoms with Crippen molar-refractivity contribution in [3.63, 3.8) is 0 Å². The van der Waals surface area contributed by atoms with E-state index in [4.69, 9.17) is 0 Å². The molecule has 0 saturated carbocycles. The zero-order valence-electron chi connectivity index (χ0n) is 12.5. The fraction of sp³-hybridized carbons (Fsp3) is 0.158. The number of nitrogens with zero attached hydrogens (tertiary/aromatic N) is 2. The summed E-state index contributed by atoms with van der Waals surface area (Å²) in [7, 11) is 0. The smallest absolute Gasteiger partial charge is 0.0998 e. The molecule has 0 unspecified atom stereocenters. The molecule has 0 atom stereocenters. The number of nitriles is 1. The van der Waals surface area contributed by atoms with E-state index in [2.05, 4.69) is 11.1 Å². The van der Waals surface area contributed by atoms with Crippen LogP contribution in [0.25, 0.3) is 22.2 Å². The van der Waals surface area contributed by atoms with Gasteiger partial charge in [0.05, 0.1) is 28.4 Å². The zero-order valence-corrected chi connectivity index (χ0v) is 12.5. The fourth-order valence-electron chi connectivity index (χ4n) is 2.46. The van der Waals surface area contributed by atoms with Gasteiger partial charge in [0.25, 0.3) is 0 Å². The molecule has 3 nitrogen and oxygen atoms in total. The minimum atomic E-state index is -0.875. The van der Waals surface area contributed by atoms with Crippen LogP contribution in [0, 0.1) is 11.3 Å². The van der Waals surface area contributed by atoms with E-state index in [9.17, 15) is 10.4 Å². The van der Waals surface area contributed by atoms with E-state index in [0.717, 1.165) is 27.7 Å². The maximum atomic E-state index is 10.1. The second-order valence-electron chi connectivity index (χ2n) is 5.82. The molecule has 22 heavy (non-hydrogen) atoms. The van der Waals surface area contributed by atoms with Gasteiger partial charge in [-0.1, -0.05) is 30.3 Å². The van der Waals surface area contributed by atoms with Gasteiger partial charge >= 0.3 is 0 Å². The third-order valence-electron chi connectivity index (χ3n) is 3.72. The Hall–Kier alpha value is -2.70. The van der Waals surface area contributed by atoms with Crippen molar-refractivity contribution < 1.29 is 5.11 Å². The molecular weight excluding hydrogens is 272 g/mol. The van der Waals surface area contributed by atoms with Crippen LogP contribution in [-0.2, 0) is 5.60 Å². The van der Waals surface area contributed by atoms with Crippen LogP contribution in [0.5, 0.6) is 0 Å². The second kappa shape index (κ2) is 5.25. The van der Waals surface area contributed by atoms with Crippen LogP contribution in [0.2, 0.25) is 0 Å². The third kappa shape index (κ3) is 2.57.